The highest BCUT2D eigenvalue weighted by atomic mass is 16.6. The highest BCUT2D eigenvalue weighted by Gasteiger charge is 2.42. The van der Waals surface area contributed by atoms with Gasteiger partial charge in [0, 0.05) is 68.9 Å². The zero-order chi connectivity index (χ0) is 49.6. The van der Waals surface area contributed by atoms with Gasteiger partial charge in [0.2, 0.25) is 0 Å². The number of para-hydroxylation sites is 1. The van der Waals surface area contributed by atoms with Crippen molar-refractivity contribution in [3.63, 3.8) is 0 Å². The van der Waals surface area contributed by atoms with Gasteiger partial charge in [-0.2, -0.15) is 0 Å². The molecule has 0 saturated carbocycles. The second-order valence-corrected chi connectivity index (χ2v) is 21.7. The van der Waals surface area contributed by atoms with E-state index in [9.17, 15) is 0 Å². The summed E-state index contributed by atoms with van der Waals surface area (Å²) in [7, 11) is 0. The van der Waals surface area contributed by atoms with Gasteiger partial charge >= 0.3 is 0 Å². The van der Waals surface area contributed by atoms with E-state index >= 15 is 0 Å². The summed E-state index contributed by atoms with van der Waals surface area (Å²) < 4.78 is 39.7. The predicted octanol–water partition coefficient (Wildman–Crippen LogP) is 13.8. The molecular weight excluding hydrogens is 904 g/mol. The molecule has 0 atom stereocenters. The van der Waals surface area contributed by atoms with Crippen molar-refractivity contribution >= 4 is 66.7 Å². The first-order chi connectivity index (χ1) is 35.5. The van der Waals surface area contributed by atoms with Gasteiger partial charge in [0.05, 0.1) is 50.0 Å². The third-order valence-corrected chi connectivity index (χ3v) is 15.0. The molecule has 8 nitrogen and oxygen atoms in total. The summed E-state index contributed by atoms with van der Waals surface area (Å²) in [6.07, 6.45) is 4.71. The molecule has 0 bridgehead atoms. The van der Waals surface area contributed by atoms with Crippen LogP contribution in [0.25, 0.3) is 77.2 Å². The minimum Gasteiger partial charge on any atom is -0.493 e. The summed E-state index contributed by atoms with van der Waals surface area (Å²) in [5.41, 5.74) is 18.6. The second kappa shape index (κ2) is 17.3. The first-order valence-corrected chi connectivity index (χ1v) is 25.6. The van der Waals surface area contributed by atoms with E-state index in [2.05, 4.69) is 178 Å². The Morgan fingerprint density at radius 2 is 0.986 bits per heavy atom. The third kappa shape index (κ3) is 7.67. The Morgan fingerprint density at radius 1 is 0.452 bits per heavy atom. The fourth-order valence-corrected chi connectivity index (χ4v) is 11.4. The van der Waals surface area contributed by atoms with E-state index in [0.717, 1.165) is 41.0 Å². The maximum atomic E-state index is 6.23. The van der Waals surface area contributed by atoms with E-state index in [4.69, 9.17) is 27.8 Å². The Balaban J connectivity index is 0.972. The van der Waals surface area contributed by atoms with Gasteiger partial charge in [-0.25, -0.2) is 0 Å². The zero-order valence-electron chi connectivity index (χ0n) is 42.3. The molecule has 0 unspecified atom stereocenters. The monoisotopic (exact) mass is 960 g/mol. The summed E-state index contributed by atoms with van der Waals surface area (Å²) >= 11 is 0. The Kier molecular flexibility index (Phi) is 10.7. The molecule has 13 rings (SSSR count). The van der Waals surface area contributed by atoms with Crippen LogP contribution in [0, 0.1) is 0 Å². The smallest absolute Gasteiger partial charge is 0.284 e. The Morgan fingerprint density at radius 3 is 1.56 bits per heavy atom. The molecule has 0 aliphatic carbocycles. The maximum absolute atomic E-state index is 6.23. The average molecular weight is 961 g/mol. The normalized spacial score (nSPS) is 12.8. The van der Waals surface area contributed by atoms with Gasteiger partial charge in [-0.1, -0.05) is 108 Å². The van der Waals surface area contributed by atoms with Gasteiger partial charge in [-0.3, -0.25) is 0 Å². The van der Waals surface area contributed by atoms with Crippen LogP contribution in [-0.4, -0.2) is 42.3 Å². The van der Waals surface area contributed by atoms with Crippen LogP contribution in [0.4, 0.5) is 0 Å². The predicted molar refractivity (Wildman–Crippen MR) is 297 cm³/mol. The minimum absolute atomic E-state index is 0.00224. The number of furan rings is 2. The van der Waals surface area contributed by atoms with Crippen molar-refractivity contribution < 1.29 is 27.8 Å². The second-order valence-electron chi connectivity index (χ2n) is 21.7. The molecule has 6 heterocycles. The van der Waals surface area contributed by atoms with Crippen LogP contribution in [0.15, 0.2) is 173 Å². The Bertz CT molecular complexity index is 3870. The molecule has 362 valence electrons. The first kappa shape index (κ1) is 44.9. The van der Waals surface area contributed by atoms with Gasteiger partial charge in [-0.05, 0) is 133 Å². The first-order valence-electron chi connectivity index (χ1n) is 25.6. The van der Waals surface area contributed by atoms with Gasteiger partial charge < -0.3 is 36.9 Å². The topological polar surface area (TPSA) is 73.1 Å². The third-order valence-electron chi connectivity index (χ3n) is 15.0. The molecule has 9 heteroatoms. The van der Waals surface area contributed by atoms with Crippen LogP contribution in [0.5, 0.6) is 23.4 Å². The molecule has 0 spiro atoms. The van der Waals surface area contributed by atoms with Gasteiger partial charge in [0.15, 0.2) is 0 Å². The number of hydrogen-bond acceptors (Lipinski definition) is 6. The number of aromatic nitrogens is 2. The highest BCUT2D eigenvalue weighted by molar-refractivity contribution is 7.00. The Hall–Kier alpha value is -8.04. The number of ether oxygens (including phenoxy) is 4. The van der Waals surface area contributed by atoms with Crippen LogP contribution >= 0.6 is 0 Å². The lowest BCUT2D eigenvalue weighted by Gasteiger charge is -2.34. The van der Waals surface area contributed by atoms with Crippen LogP contribution in [0.1, 0.15) is 65.5 Å². The van der Waals surface area contributed by atoms with Crippen LogP contribution in [0.3, 0.4) is 0 Å². The van der Waals surface area contributed by atoms with E-state index in [-0.39, 0.29) is 17.5 Å². The molecular formula is C64H57BN2O6. The molecule has 0 radical (unpaired) electrons. The summed E-state index contributed by atoms with van der Waals surface area (Å²) in [6, 6.07) is 55.5. The summed E-state index contributed by atoms with van der Waals surface area (Å²) in [5.74, 6) is 2.71. The molecule has 2 aliphatic rings. The van der Waals surface area contributed by atoms with E-state index in [1.54, 1.807) is 12.5 Å². The quantitative estimate of drug-likeness (QED) is 0.0799. The SMILES string of the molecule is CC(C)(C)c1ccc2c(c1)c1cccc3c1n2-c1cc(-c2ccc(OCCCOc4ccco4)cc2)cc2c1B3c1ccc(-c3ccc(OCCCOc4ccco4)cc3)c3c4cc(C(C)(C)C)ccc4n-2c13. The van der Waals surface area contributed by atoms with Crippen molar-refractivity contribution in [1.82, 2.24) is 9.13 Å². The standard InChI is InChI=1S/C64H57BN2O6/c1-63(2,3)43-20-28-53-49(38-43)48-12-7-13-51-61(48)66(53)55-36-42(40-16-22-45(23-17-40)68-32-10-34-72-57-14-8-30-70-57)37-56-60(55)65(51)52-27-26-47(59-50-39-44(64(4,5)6)21-29-54(50)67(56)62(52)59)41-18-24-46(25-19-41)69-33-11-35-73-58-15-9-31-71-58/h7-9,12-31,36-39H,10-11,32-35H2,1-6H3. The maximum Gasteiger partial charge on any atom is 0.284 e. The lowest BCUT2D eigenvalue weighted by molar-refractivity contribution is 0.210. The summed E-state index contributed by atoms with van der Waals surface area (Å²) in [5, 5.41) is 5.09. The number of hydrogen-bond donors (Lipinski definition) is 0. The molecule has 0 saturated heterocycles. The van der Waals surface area contributed by atoms with Crippen molar-refractivity contribution in [2.75, 3.05) is 26.4 Å². The number of fused-ring (bicyclic) bond motifs is 10. The zero-order valence-corrected chi connectivity index (χ0v) is 42.3. The largest absolute Gasteiger partial charge is 0.493 e. The molecule has 4 aromatic heterocycles. The molecule has 2 aliphatic heterocycles. The van der Waals surface area contributed by atoms with Crippen molar-refractivity contribution in [1.29, 1.82) is 0 Å². The molecule has 0 N–H and O–H groups in total. The van der Waals surface area contributed by atoms with Gasteiger partial charge in [0.25, 0.3) is 18.6 Å². The minimum atomic E-state index is -0.0526. The van der Waals surface area contributed by atoms with Crippen LogP contribution < -0.4 is 35.3 Å². The van der Waals surface area contributed by atoms with Gasteiger partial charge in [-0.15, -0.1) is 0 Å². The van der Waals surface area contributed by atoms with Crippen molar-refractivity contribution in [3.8, 4) is 57.0 Å². The molecule has 73 heavy (non-hydrogen) atoms. The summed E-state index contributed by atoms with van der Waals surface area (Å²) in [6.45, 7) is 15.9. The van der Waals surface area contributed by atoms with E-state index < -0.39 is 0 Å². The van der Waals surface area contributed by atoms with Crippen molar-refractivity contribution in [3.05, 3.63) is 175 Å². The number of rotatable bonds is 14. The lowest BCUT2D eigenvalue weighted by Crippen LogP contribution is -2.59. The fraction of sp³-hybridized carbons (Fsp3) is 0.219. The molecule has 0 amide bonds. The number of nitrogens with zero attached hydrogens (tertiary/aromatic N) is 2. The number of benzene rings is 7. The van der Waals surface area contributed by atoms with Crippen molar-refractivity contribution in [2.24, 2.45) is 0 Å². The molecule has 7 aromatic carbocycles. The molecule has 11 aromatic rings. The van der Waals surface area contributed by atoms with Gasteiger partial charge in [0.1, 0.15) is 11.5 Å². The average Bonchev–Trinajstić information content (AvgIpc) is 4.25. The van der Waals surface area contributed by atoms with E-state index in [1.807, 2.05) is 24.3 Å². The van der Waals surface area contributed by atoms with Crippen molar-refractivity contribution in [2.45, 2.75) is 65.2 Å². The molecule has 0 fully saturated rings. The van der Waals surface area contributed by atoms with E-state index in [0.29, 0.717) is 38.3 Å². The summed E-state index contributed by atoms with van der Waals surface area (Å²) in [4.78, 5) is 0. The van der Waals surface area contributed by atoms with Crippen LogP contribution in [-0.2, 0) is 10.8 Å². The Labute approximate surface area is 425 Å². The highest BCUT2D eigenvalue weighted by Crippen LogP contribution is 2.45. The van der Waals surface area contributed by atoms with E-state index in [1.165, 1.54) is 88.1 Å². The fourth-order valence-electron chi connectivity index (χ4n) is 11.4. The van der Waals surface area contributed by atoms with Crippen LogP contribution in [0.2, 0.25) is 0 Å². The lowest BCUT2D eigenvalue weighted by atomic mass is 9.34.